The Bertz CT molecular complexity index is 468. The molecule has 1 aliphatic rings. The Hall–Kier alpha value is -1.71. The van der Waals surface area contributed by atoms with E-state index in [1.165, 1.54) is 39.2 Å². The second kappa shape index (κ2) is 6.64. The first-order chi connectivity index (χ1) is 9.61. The predicted molar refractivity (Wildman–Crippen MR) is 81.9 cm³/mol. The number of carbonyl (C=O) groups is 1. The van der Waals surface area contributed by atoms with Gasteiger partial charge in [-0.05, 0) is 43.9 Å². The van der Waals surface area contributed by atoms with Crippen LogP contribution in [-0.4, -0.2) is 19.1 Å². The van der Waals surface area contributed by atoms with Gasteiger partial charge in [-0.3, -0.25) is 0 Å². The van der Waals surface area contributed by atoms with Gasteiger partial charge in [0.05, 0.1) is 24.0 Å². The van der Waals surface area contributed by atoms with Crippen LogP contribution in [-0.2, 0) is 4.74 Å². The highest BCUT2D eigenvalue weighted by Gasteiger charge is 2.20. The van der Waals surface area contributed by atoms with Crippen molar-refractivity contribution in [2.45, 2.75) is 45.1 Å². The molecule has 4 heteroatoms. The van der Waals surface area contributed by atoms with Crippen molar-refractivity contribution in [2.75, 3.05) is 18.2 Å². The molecule has 1 unspecified atom stereocenters. The Labute approximate surface area is 120 Å². The van der Waals surface area contributed by atoms with Crippen molar-refractivity contribution < 1.29 is 9.53 Å². The molecule has 1 fully saturated rings. The van der Waals surface area contributed by atoms with Crippen molar-refractivity contribution in [3.05, 3.63) is 23.8 Å². The van der Waals surface area contributed by atoms with Crippen LogP contribution in [0.25, 0.3) is 0 Å². The van der Waals surface area contributed by atoms with E-state index in [1.54, 1.807) is 12.1 Å². The second-order valence-electron chi connectivity index (χ2n) is 5.62. The average molecular weight is 276 g/mol. The first kappa shape index (κ1) is 14.7. The molecule has 1 atom stereocenters. The SMILES string of the molecule is COC(=O)c1ccc(NC(C)C2CCCCC2)c(N)c1. The lowest BCUT2D eigenvalue weighted by molar-refractivity contribution is 0.0601. The second-order valence-corrected chi connectivity index (χ2v) is 5.62. The summed E-state index contributed by atoms with van der Waals surface area (Å²) in [5, 5.41) is 3.49. The van der Waals surface area contributed by atoms with Gasteiger partial charge in [0, 0.05) is 6.04 Å². The van der Waals surface area contributed by atoms with Crippen LogP contribution in [0.1, 0.15) is 49.4 Å². The molecule has 110 valence electrons. The average Bonchev–Trinajstić information content (AvgIpc) is 2.49. The Morgan fingerprint density at radius 2 is 2.05 bits per heavy atom. The highest BCUT2D eigenvalue weighted by atomic mass is 16.5. The summed E-state index contributed by atoms with van der Waals surface area (Å²) in [4.78, 5) is 11.4. The number of rotatable bonds is 4. The van der Waals surface area contributed by atoms with Crippen molar-refractivity contribution in [1.82, 2.24) is 0 Å². The molecule has 0 bridgehead atoms. The van der Waals surface area contributed by atoms with Crippen molar-refractivity contribution in [3.8, 4) is 0 Å². The van der Waals surface area contributed by atoms with E-state index < -0.39 is 0 Å². The number of esters is 1. The lowest BCUT2D eigenvalue weighted by Crippen LogP contribution is -2.28. The van der Waals surface area contributed by atoms with Crippen molar-refractivity contribution in [3.63, 3.8) is 0 Å². The summed E-state index contributed by atoms with van der Waals surface area (Å²) in [6, 6.07) is 5.68. The normalized spacial score (nSPS) is 17.5. The van der Waals surface area contributed by atoms with E-state index >= 15 is 0 Å². The largest absolute Gasteiger partial charge is 0.465 e. The van der Waals surface area contributed by atoms with Gasteiger partial charge in [-0.15, -0.1) is 0 Å². The molecular weight excluding hydrogens is 252 g/mol. The lowest BCUT2D eigenvalue weighted by Gasteiger charge is -2.29. The molecule has 3 N–H and O–H groups in total. The number of ether oxygens (including phenoxy) is 1. The van der Waals surface area contributed by atoms with Crippen molar-refractivity contribution in [2.24, 2.45) is 5.92 Å². The third-order valence-electron chi connectivity index (χ3n) is 4.21. The van der Waals surface area contributed by atoms with Gasteiger partial charge < -0.3 is 15.8 Å². The number of hydrogen-bond acceptors (Lipinski definition) is 4. The van der Waals surface area contributed by atoms with Crippen LogP contribution >= 0.6 is 0 Å². The lowest BCUT2D eigenvalue weighted by atomic mass is 9.84. The van der Waals surface area contributed by atoms with E-state index in [2.05, 4.69) is 12.2 Å². The minimum absolute atomic E-state index is 0.358. The van der Waals surface area contributed by atoms with Crippen molar-refractivity contribution >= 4 is 17.3 Å². The third-order valence-corrected chi connectivity index (χ3v) is 4.21. The van der Waals surface area contributed by atoms with Gasteiger partial charge in [-0.1, -0.05) is 19.3 Å². The standard InChI is InChI=1S/C16H24N2O2/c1-11(12-6-4-3-5-7-12)18-15-9-8-13(10-14(15)17)16(19)20-2/h8-12,18H,3-7,17H2,1-2H3. The van der Waals surface area contributed by atoms with Crippen LogP contribution in [0.15, 0.2) is 18.2 Å². The molecule has 1 saturated carbocycles. The monoisotopic (exact) mass is 276 g/mol. The Morgan fingerprint density at radius 1 is 1.35 bits per heavy atom. The van der Waals surface area contributed by atoms with Gasteiger partial charge in [-0.2, -0.15) is 0 Å². The third kappa shape index (κ3) is 3.44. The van der Waals surface area contributed by atoms with E-state index in [0.717, 1.165) is 5.69 Å². The number of nitrogens with two attached hydrogens (primary N) is 1. The van der Waals surface area contributed by atoms with Crippen LogP contribution in [0.2, 0.25) is 0 Å². The zero-order valence-corrected chi connectivity index (χ0v) is 12.3. The van der Waals surface area contributed by atoms with Gasteiger partial charge in [0.15, 0.2) is 0 Å². The number of methoxy groups -OCH3 is 1. The van der Waals surface area contributed by atoms with Gasteiger partial charge in [0.2, 0.25) is 0 Å². The smallest absolute Gasteiger partial charge is 0.337 e. The molecule has 0 spiro atoms. The molecule has 0 aliphatic heterocycles. The Balaban J connectivity index is 2.03. The molecule has 20 heavy (non-hydrogen) atoms. The van der Waals surface area contributed by atoms with Gasteiger partial charge in [-0.25, -0.2) is 4.79 Å². The molecule has 0 aromatic heterocycles. The summed E-state index contributed by atoms with van der Waals surface area (Å²) in [6.45, 7) is 2.21. The van der Waals surface area contributed by atoms with Crippen LogP contribution in [0, 0.1) is 5.92 Å². The molecule has 0 radical (unpaired) electrons. The molecule has 2 rings (SSSR count). The minimum Gasteiger partial charge on any atom is -0.465 e. The van der Waals surface area contributed by atoms with E-state index in [9.17, 15) is 4.79 Å². The molecule has 0 heterocycles. The highest BCUT2D eigenvalue weighted by Crippen LogP contribution is 2.29. The molecule has 1 aliphatic carbocycles. The van der Waals surface area contributed by atoms with Gasteiger partial charge >= 0.3 is 5.97 Å². The maximum absolute atomic E-state index is 11.4. The quantitative estimate of drug-likeness (QED) is 0.653. The zero-order chi connectivity index (χ0) is 14.5. The molecule has 4 nitrogen and oxygen atoms in total. The van der Waals surface area contributed by atoms with Crippen LogP contribution < -0.4 is 11.1 Å². The summed E-state index contributed by atoms with van der Waals surface area (Å²) in [5.41, 5.74) is 8.00. The fourth-order valence-electron chi connectivity index (χ4n) is 2.94. The first-order valence-corrected chi connectivity index (χ1v) is 7.36. The Morgan fingerprint density at radius 3 is 2.65 bits per heavy atom. The fraction of sp³-hybridized carbons (Fsp3) is 0.562. The summed E-state index contributed by atoms with van der Waals surface area (Å²) in [5.74, 6) is 0.354. The van der Waals surface area contributed by atoms with Crippen LogP contribution in [0.5, 0.6) is 0 Å². The number of hydrogen-bond donors (Lipinski definition) is 2. The zero-order valence-electron chi connectivity index (χ0n) is 12.3. The van der Waals surface area contributed by atoms with Gasteiger partial charge in [0.1, 0.15) is 0 Å². The minimum atomic E-state index is -0.358. The molecule has 0 amide bonds. The van der Waals surface area contributed by atoms with E-state index in [1.807, 2.05) is 6.07 Å². The number of benzene rings is 1. The first-order valence-electron chi connectivity index (χ1n) is 7.36. The maximum Gasteiger partial charge on any atom is 0.337 e. The molecule has 0 saturated heterocycles. The van der Waals surface area contributed by atoms with E-state index in [0.29, 0.717) is 23.2 Å². The highest BCUT2D eigenvalue weighted by molar-refractivity contribution is 5.91. The fourth-order valence-corrected chi connectivity index (χ4v) is 2.94. The van der Waals surface area contributed by atoms with E-state index in [-0.39, 0.29) is 5.97 Å². The molecular formula is C16H24N2O2. The topological polar surface area (TPSA) is 64.3 Å². The van der Waals surface area contributed by atoms with Crippen LogP contribution in [0.3, 0.4) is 0 Å². The number of anilines is 2. The molecule has 1 aromatic rings. The van der Waals surface area contributed by atoms with E-state index in [4.69, 9.17) is 10.5 Å². The van der Waals surface area contributed by atoms with Crippen LogP contribution in [0.4, 0.5) is 11.4 Å². The predicted octanol–water partition coefficient (Wildman–Crippen LogP) is 3.44. The Kier molecular flexibility index (Phi) is 4.88. The summed E-state index contributed by atoms with van der Waals surface area (Å²) >= 11 is 0. The van der Waals surface area contributed by atoms with Gasteiger partial charge in [0.25, 0.3) is 0 Å². The summed E-state index contributed by atoms with van der Waals surface area (Å²) < 4.78 is 4.69. The summed E-state index contributed by atoms with van der Waals surface area (Å²) in [7, 11) is 1.37. The summed E-state index contributed by atoms with van der Waals surface area (Å²) in [6.07, 6.45) is 6.59. The number of nitrogens with one attached hydrogen (secondary N) is 1. The number of nitrogen functional groups attached to an aromatic ring is 1. The van der Waals surface area contributed by atoms with Crippen molar-refractivity contribution in [1.29, 1.82) is 0 Å². The number of carbonyl (C=O) groups excluding carboxylic acids is 1. The maximum atomic E-state index is 11.4. The molecule has 1 aromatic carbocycles.